The molecule has 0 heterocycles. The van der Waals surface area contributed by atoms with Crippen LogP contribution in [0.2, 0.25) is 0 Å². The van der Waals surface area contributed by atoms with E-state index in [-0.39, 0.29) is 13.2 Å². The largest absolute Gasteiger partial charge is 0.478 e. The molecule has 0 aromatic carbocycles. The minimum Gasteiger partial charge on any atom is -0.478 e. The van der Waals surface area contributed by atoms with Crippen molar-refractivity contribution in [1.29, 1.82) is 0 Å². The third-order valence-electron chi connectivity index (χ3n) is 3.74. The molecule has 1 rings (SSSR count). The average molecular weight is 394 g/mol. The summed E-state index contributed by atoms with van der Waals surface area (Å²) >= 11 is 0. The number of aliphatic hydroxyl groups is 4. The molecular formula is C18H34O9. The molecule has 6 N–H and O–H groups in total. The fraction of sp³-hybridized carbons (Fsp3) is 0.778. The van der Waals surface area contributed by atoms with Crippen LogP contribution in [0.25, 0.3) is 0 Å². The van der Waals surface area contributed by atoms with Crippen molar-refractivity contribution in [3.8, 4) is 0 Å². The molecule has 1 saturated carbocycles. The molecule has 0 unspecified atom stereocenters. The van der Waals surface area contributed by atoms with E-state index in [4.69, 9.17) is 35.4 Å². The number of aliphatic hydroxyl groups excluding tert-OH is 4. The van der Waals surface area contributed by atoms with Gasteiger partial charge in [0.2, 0.25) is 0 Å². The Labute approximate surface area is 159 Å². The highest BCUT2D eigenvalue weighted by Gasteiger charge is 2.19. The van der Waals surface area contributed by atoms with Gasteiger partial charge in [0.05, 0.1) is 0 Å². The van der Waals surface area contributed by atoms with Crippen LogP contribution in [0.4, 0.5) is 0 Å². The number of aliphatic carboxylic acids is 2. The highest BCUT2D eigenvalue weighted by molar-refractivity contribution is 5.89. The molecule has 9 nitrogen and oxygen atoms in total. The third kappa shape index (κ3) is 22.4. The van der Waals surface area contributed by atoms with Gasteiger partial charge in [0.1, 0.15) is 0 Å². The van der Waals surface area contributed by atoms with Gasteiger partial charge in [-0.1, -0.05) is 0 Å². The molecular weight excluding hydrogens is 360 g/mol. The zero-order chi connectivity index (χ0) is 20.9. The molecule has 27 heavy (non-hydrogen) atoms. The zero-order valence-electron chi connectivity index (χ0n) is 15.7. The number of carboxylic acid groups (broad SMARTS) is 2. The second kappa shape index (κ2) is 20.8. The van der Waals surface area contributed by atoms with E-state index in [2.05, 4.69) is 0 Å². The van der Waals surface area contributed by atoms with Crippen LogP contribution in [-0.2, 0) is 14.3 Å². The van der Waals surface area contributed by atoms with Crippen molar-refractivity contribution in [2.45, 2.75) is 38.5 Å². The Hall–Kier alpha value is -1.52. The first kappa shape index (κ1) is 27.7. The lowest BCUT2D eigenvalue weighted by atomic mass is 9.83. The van der Waals surface area contributed by atoms with E-state index in [1.807, 2.05) is 0 Å². The molecule has 1 aliphatic rings. The Bertz CT molecular complexity index is 343. The van der Waals surface area contributed by atoms with Gasteiger partial charge >= 0.3 is 11.9 Å². The van der Waals surface area contributed by atoms with E-state index in [1.54, 1.807) is 0 Å². The molecule has 160 valence electrons. The summed E-state index contributed by atoms with van der Waals surface area (Å²) in [5.74, 6) is -1.48. The first-order valence-corrected chi connectivity index (χ1v) is 9.06. The minimum absolute atomic E-state index is 0.180. The summed E-state index contributed by atoms with van der Waals surface area (Å²) in [5.41, 5.74) is 0. The third-order valence-corrected chi connectivity index (χ3v) is 3.74. The molecule has 1 aliphatic carbocycles. The maximum absolute atomic E-state index is 9.55. The lowest BCUT2D eigenvalue weighted by Crippen LogP contribution is -2.19. The Balaban J connectivity index is 0. The van der Waals surface area contributed by atoms with Crippen molar-refractivity contribution >= 4 is 11.9 Å². The lowest BCUT2D eigenvalue weighted by molar-refractivity contribution is -0.134. The SMILES string of the molecule is O=C(O)/C=C/C(=O)O.OCC1CCC(CO)CC1.OCCCOCCCO. The zero-order valence-corrected chi connectivity index (χ0v) is 15.7. The van der Waals surface area contributed by atoms with Crippen molar-refractivity contribution in [3.63, 3.8) is 0 Å². The summed E-state index contributed by atoms with van der Waals surface area (Å²) in [6, 6.07) is 0. The number of carboxylic acids is 2. The minimum atomic E-state index is -1.26. The van der Waals surface area contributed by atoms with Gasteiger partial charge in [0.25, 0.3) is 0 Å². The second-order valence-corrected chi connectivity index (χ2v) is 6.03. The van der Waals surface area contributed by atoms with Crippen molar-refractivity contribution in [3.05, 3.63) is 12.2 Å². The topological polar surface area (TPSA) is 165 Å². The highest BCUT2D eigenvalue weighted by atomic mass is 16.5. The van der Waals surface area contributed by atoms with Crippen LogP contribution < -0.4 is 0 Å². The average Bonchev–Trinajstić information content (AvgIpc) is 2.67. The number of hydrogen-bond donors (Lipinski definition) is 6. The summed E-state index contributed by atoms with van der Waals surface area (Å²) in [4.78, 5) is 19.1. The van der Waals surface area contributed by atoms with E-state index < -0.39 is 11.9 Å². The Morgan fingerprint density at radius 3 is 1.30 bits per heavy atom. The van der Waals surface area contributed by atoms with Crippen LogP contribution in [0.15, 0.2) is 12.2 Å². The van der Waals surface area contributed by atoms with Gasteiger partial charge in [-0.25, -0.2) is 9.59 Å². The molecule has 0 bridgehead atoms. The molecule has 1 fully saturated rings. The van der Waals surface area contributed by atoms with E-state index in [1.165, 1.54) is 0 Å². The van der Waals surface area contributed by atoms with Gasteiger partial charge < -0.3 is 35.4 Å². The van der Waals surface area contributed by atoms with Crippen LogP contribution in [0.1, 0.15) is 38.5 Å². The van der Waals surface area contributed by atoms with Crippen molar-refractivity contribution < 1.29 is 45.0 Å². The van der Waals surface area contributed by atoms with E-state index in [0.717, 1.165) is 25.7 Å². The van der Waals surface area contributed by atoms with Gasteiger partial charge in [0, 0.05) is 51.8 Å². The quantitative estimate of drug-likeness (QED) is 0.225. The van der Waals surface area contributed by atoms with E-state index >= 15 is 0 Å². The Morgan fingerprint density at radius 2 is 1.07 bits per heavy atom. The number of carbonyl (C=O) groups is 2. The Morgan fingerprint density at radius 1 is 0.741 bits per heavy atom. The predicted octanol–water partition coefficient (Wildman–Crippen LogP) is 0.257. The smallest absolute Gasteiger partial charge is 0.328 e. The van der Waals surface area contributed by atoms with Crippen molar-refractivity contribution in [1.82, 2.24) is 0 Å². The highest BCUT2D eigenvalue weighted by Crippen LogP contribution is 2.27. The molecule has 0 saturated heterocycles. The molecule has 0 amide bonds. The van der Waals surface area contributed by atoms with Crippen LogP contribution >= 0.6 is 0 Å². The van der Waals surface area contributed by atoms with Crippen molar-refractivity contribution in [2.75, 3.05) is 39.6 Å². The van der Waals surface area contributed by atoms with E-state index in [9.17, 15) is 9.59 Å². The van der Waals surface area contributed by atoms with Gasteiger partial charge in [-0.05, 0) is 50.4 Å². The molecule has 0 spiro atoms. The van der Waals surface area contributed by atoms with E-state index in [0.29, 0.717) is 63.3 Å². The van der Waals surface area contributed by atoms with Crippen LogP contribution in [0.3, 0.4) is 0 Å². The van der Waals surface area contributed by atoms with Crippen LogP contribution in [0, 0.1) is 11.8 Å². The molecule has 0 radical (unpaired) electrons. The lowest BCUT2D eigenvalue weighted by Gasteiger charge is -2.25. The maximum Gasteiger partial charge on any atom is 0.328 e. The standard InChI is InChI=1S/C8H16O2.C6H14O3.C4H4O4/c9-5-7-1-2-8(6-10)4-3-7;7-3-1-5-9-6-2-4-8;5-3(6)1-2-4(7)8/h7-10H,1-6H2;7-8H,1-6H2;1-2H,(H,5,6)(H,7,8)/b;;2-1+. The summed E-state index contributed by atoms with van der Waals surface area (Å²) in [6.07, 6.45) is 6.88. The summed E-state index contributed by atoms with van der Waals surface area (Å²) in [5, 5.41) is 49.8. The first-order valence-electron chi connectivity index (χ1n) is 9.06. The predicted molar refractivity (Wildman–Crippen MR) is 98.3 cm³/mol. The normalized spacial score (nSPS) is 18.8. The number of hydrogen-bond acceptors (Lipinski definition) is 7. The maximum atomic E-state index is 9.55. The van der Waals surface area contributed by atoms with Gasteiger partial charge in [-0.3, -0.25) is 0 Å². The monoisotopic (exact) mass is 394 g/mol. The van der Waals surface area contributed by atoms with Crippen molar-refractivity contribution in [2.24, 2.45) is 11.8 Å². The fourth-order valence-corrected chi connectivity index (χ4v) is 2.17. The number of rotatable bonds is 10. The number of ether oxygens (including phenoxy) is 1. The molecule has 0 aliphatic heterocycles. The summed E-state index contributed by atoms with van der Waals surface area (Å²) in [7, 11) is 0. The van der Waals surface area contributed by atoms with Gasteiger partial charge in [-0.2, -0.15) is 0 Å². The molecule has 9 heteroatoms. The first-order chi connectivity index (χ1) is 12.9. The van der Waals surface area contributed by atoms with Gasteiger partial charge in [-0.15, -0.1) is 0 Å². The summed E-state index contributed by atoms with van der Waals surface area (Å²) in [6.45, 7) is 2.21. The second-order valence-electron chi connectivity index (χ2n) is 6.03. The van der Waals surface area contributed by atoms with Gasteiger partial charge in [0.15, 0.2) is 0 Å². The summed E-state index contributed by atoms with van der Waals surface area (Å²) < 4.78 is 4.99. The Kier molecular flexibility index (Phi) is 21.3. The fourth-order valence-electron chi connectivity index (χ4n) is 2.17. The molecule has 0 aromatic rings. The molecule has 0 atom stereocenters. The van der Waals surface area contributed by atoms with Crippen LogP contribution in [0.5, 0.6) is 0 Å². The molecule has 0 aromatic heterocycles. The van der Waals surface area contributed by atoms with Crippen LogP contribution in [-0.4, -0.2) is 82.2 Å².